The molecular weight excluding hydrogens is 355 g/mol. The molecule has 140 valence electrons. The molecule has 0 aliphatic heterocycles. The van der Waals surface area contributed by atoms with Crippen LogP contribution >= 0.6 is 0 Å². The number of anilines is 1. The van der Waals surface area contributed by atoms with Crippen molar-refractivity contribution in [2.24, 2.45) is 0 Å². The van der Waals surface area contributed by atoms with E-state index in [0.29, 0.717) is 12.1 Å². The molecule has 0 radical (unpaired) electrons. The van der Waals surface area contributed by atoms with Gasteiger partial charge in [-0.1, -0.05) is 36.8 Å². The Morgan fingerprint density at radius 1 is 1.12 bits per heavy atom. The number of benzene rings is 2. The fraction of sp³-hybridized carbons (Fsp3) is 0.316. The summed E-state index contributed by atoms with van der Waals surface area (Å²) in [6.45, 7) is 3.86. The summed E-state index contributed by atoms with van der Waals surface area (Å²) in [5.74, 6) is -0.753. The third-order valence-corrected chi connectivity index (χ3v) is 5.18. The van der Waals surface area contributed by atoms with Gasteiger partial charge in [-0.2, -0.15) is 0 Å². The minimum absolute atomic E-state index is 0.196. The van der Waals surface area contributed by atoms with Crippen LogP contribution in [0.2, 0.25) is 0 Å². The lowest BCUT2D eigenvalue weighted by molar-refractivity contribution is -0.122. The molecule has 0 aromatic heterocycles. The predicted molar refractivity (Wildman–Crippen MR) is 101 cm³/mol. The first kappa shape index (κ1) is 19.9. The highest BCUT2D eigenvalue weighted by Crippen LogP contribution is 2.23. The van der Waals surface area contributed by atoms with E-state index in [9.17, 15) is 17.6 Å². The largest absolute Gasteiger partial charge is 0.350 e. The summed E-state index contributed by atoms with van der Waals surface area (Å²) < 4.78 is 38.8. The van der Waals surface area contributed by atoms with E-state index in [1.54, 1.807) is 43.3 Å². The first-order chi connectivity index (χ1) is 12.2. The maximum atomic E-state index is 13.0. The van der Waals surface area contributed by atoms with Crippen molar-refractivity contribution in [3.63, 3.8) is 0 Å². The smallest absolute Gasteiger partial charge is 0.244 e. The fourth-order valence-electron chi connectivity index (χ4n) is 2.66. The van der Waals surface area contributed by atoms with Crippen LogP contribution in [0.3, 0.4) is 0 Å². The number of carbonyl (C=O) groups is 1. The molecule has 5 nitrogen and oxygen atoms in total. The van der Waals surface area contributed by atoms with Crippen LogP contribution in [0, 0.1) is 12.7 Å². The number of nitrogens with zero attached hydrogens (tertiary/aromatic N) is 1. The third kappa shape index (κ3) is 5.05. The van der Waals surface area contributed by atoms with Crippen LogP contribution in [0.5, 0.6) is 0 Å². The van der Waals surface area contributed by atoms with E-state index >= 15 is 0 Å². The van der Waals surface area contributed by atoms with Crippen molar-refractivity contribution in [2.75, 3.05) is 10.6 Å². The first-order valence-electron chi connectivity index (χ1n) is 8.30. The highest BCUT2D eigenvalue weighted by molar-refractivity contribution is 7.92. The monoisotopic (exact) mass is 378 g/mol. The second-order valence-electron chi connectivity index (χ2n) is 6.16. The summed E-state index contributed by atoms with van der Waals surface area (Å²) in [6.07, 6.45) is 1.40. The zero-order valence-electron chi connectivity index (χ0n) is 15.1. The molecule has 1 amide bonds. The average Bonchev–Trinajstić information content (AvgIpc) is 2.59. The Balaban J connectivity index is 2.22. The van der Waals surface area contributed by atoms with Gasteiger partial charge in [-0.05, 0) is 43.2 Å². The standard InChI is InChI=1S/C19H23FN2O3S/c1-4-18(19(23)21-13-15-7-9-16(20)10-8-15)22(26(3,24)25)17-11-5-14(2)6-12-17/h5-12,18H,4,13H2,1-3H3,(H,21,23)/t18-/m1/s1. The van der Waals surface area contributed by atoms with Crippen molar-refractivity contribution in [3.05, 3.63) is 65.5 Å². The number of rotatable bonds is 7. The quantitative estimate of drug-likeness (QED) is 0.805. The molecule has 2 aromatic rings. The molecule has 2 rings (SSSR count). The lowest BCUT2D eigenvalue weighted by atomic mass is 10.1. The molecule has 0 saturated carbocycles. The molecule has 0 aliphatic carbocycles. The normalized spacial score (nSPS) is 12.5. The van der Waals surface area contributed by atoms with Gasteiger partial charge >= 0.3 is 0 Å². The van der Waals surface area contributed by atoms with Crippen LogP contribution in [-0.4, -0.2) is 26.6 Å². The molecule has 0 aliphatic rings. The van der Waals surface area contributed by atoms with Gasteiger partial charge in [0.2, 0.25) is 15.9 Å². The Labute approximate surface area is 153 Å². The van der Waals surface area contributed by atoms with Crippen LogP contribution < -0.4 is 9.62 Å². The van der Waals surface area contributed by atoms with Crippen molar-refractivity contribution in [3.8, 4) is 0 Å². The van der Waals surface area contributed by atoms with Crippen LogP contribution in [0.1, 0.15) is 24.5 Å². The van der Waals surface area contributed by atoms with E-state index in [1.165, 1.54) is 12.1 Å². The van der Waals surface area contributed by atoms with Gasteiger partial charge < -0.3 is 5.32 Å². The number of hydrogen-bond acceptors (Lipinski definition) is 3. The fourth-order valence-corrected chi connectivity index (χ4v) is 3.87. The molecule has 0 heterocycles. The van der Waals surface area contributed by atoms with Gasteiger partial charge in [0.05, 0.1) is 11.9 Å². The van der Waals surface area contributed by atoms with Crippen LogP contribution in [0.4, 0.5) is 10.1 Å². The molecular formula is C19H23FN2O3S. The number of halogens is 1. The summed E-state index contributed by atoms with van der Waals surface area (Å²) >= 11 is 0. The van der Waals surface area contributed by atoms with Gasteiger partial charge in [0.1, 0.15) is 11.9 Å². The summed E-state index contributed by atoms with van der Waals surface area (Å²) in [5.41, 5.74) is 2.17. The molecule has 0 spiro atoms. The van der Waals surface area contributed by atoms with Gasteiger partial charge in [0.25, 0.3) is 0 Å². The van der Waals surface area contributed by atoms with E-state index in [0.717, 1.165) is 21.7 Å². The molecule has 0 fully saturated rings. The number of sulfonamides is 1. The zero-order chi connectivity index (χ0) is 19.3. The van der Waals surface area contributed by atoms with Crippen LogP contribution in [0.15, 0.2) is 48.5 Å². The van der Waals surface area contributed by atoms with Crippen molar-refractivity contribution in [2.45, 2.75) is 32.9 Å². The Hall–Kier alpha value is -2.41. The van der Waals surface area contributed by atoms with Gasteiger partial charge in [0.15, 0.2) is 0 Å². The Morgan fingerprint density at radius 2 is 1.69 bits per heavy atom. The maximum absolute atomic E-state index is 13.0. The second kappa shape index (κ2) is 8.31. The predicted octanol–water partition coefficient (Wildman–Crippen LogP) is 3.00. The number of hydrogen-bond donors (Lipinski definition) is 1. The van der Waals surface area contributed by atoms with E-state index < -0.39 is 22.0 Å². The van der Waals surface area contributed by atoms with Gasteiger partial charge in [-0.3, -0.25) is 9.10 Å². The topological polar surface area (TPSA) is 66.5 Å². The minimum atomic E-state index is -3.65. The highest BCUT2D eigenvalue weighted by Gasteiger charge is 2.31. The van der Waals surface area contributed by atoms with Crippen molar-refractivity contribution < 1.29 is 17.6 Å². The van der Waals surface area contributed by atoms with Gasteiger partial charge in [0, 0.05) is 6.54 Å². The molecule has 0 bridgehead atoms. The van der Waals surface area contributed by atoms with Gasteiger partial charge in [-0.15, -0.1) is 0 Å². The summed E-state index contributed by atoms with van der Waals surface area (Å²) in [5, 5.41) is 2.74. The second-order valence-corrected chi connectivity index (χ2v) is 8.02. The molecule has 7 heteroatoms. The molecule has 1 N–H and O–H groups in total. The first-order valence-corrected chi connectivity index (χ1v) is 10.2. The Morgan fingerprint density at radius 3 is 2.19 bits per heavy atom. The van der Waals surface area contributed by atoms with E-state index in [1.807, 2.05) is 6.92 Å². The van der Waals surface area contributed by atoms with E-state index in [4.69, 9.17) is 0 Å². The minimum Gasteiger partial charge on any atom is -0.350 e. The Bertz CT molecular complexity index is 849. The molecule has 1 atom stereocenters. The third-order valence-electron chi connectivity index (χ3n) is 4.00. The summed E-state index contributed by atoms with van der Waals surface area (Å²) in [7, 11) is -3.65. The SMILES string of the molecule is CC[C@H](C(=O)NCc1ccc(F)cc1)N(c1ccc(C)cc1)S(C)(=O)=O. The van der Waals surface area contributed by atoms with Crippen molar-refractivity contribution in [1.29, 1.82) is 0 Å². The lowest BCUT2D eigenvalue weighted by Gasteiger charge is -2.30. The molecule has 0 saturated heterocycles. The average molecular weight is 378 g/mol. The summed E-state index contributed by atoms with van der Waals surface area (Å²) in [4.78, 5) is 12.7. The van der Waals surface area contributed by atoms with Crippen molar-refractivity contribution in [1.82, 2.24) is 5.32 Å². The number of aryl methyl sites for hydroxylation is 1. The highest BCUT2D eigenvalue weighted by atomic mass is 32.2. The Kier molecular flexibility index (Phi) is 6.37. The maximum Gasteiger partial charge on any atom is 0.244 e. The number of amides is 1. The van der Waals surface area contributed by atoms with Crippen molar-refractivity contribution >= 4 is 21.6 Å². The van der Waals surface area contributed by atoms with Gasteiger partial charge in [-0.25, -0.2) is 12.8 Å². The number of carbonyl (C=O) groups excluding carboxylic acids is 1. The van der Waals surface area contributed by atoms with E-state index in [-0.39, 0.29) is 12.4 Å². The van der Waals surface area contributed by atoms with E-state index in [2.05, 4.69) is 5.32 Å². The molecule has 0 unspecified atom stereocenters. The van der Waals surface area contributed by atoms with Crippen LogP contribution in [0.25, 0.3) is 0 Å². The number of nitrogens with one attached hydrogen (secondary N) is 1. The molecule has 2 aromatic carbocycles. The molecule has 26 heavy (non-hydrogen) atoms. The summed E-state index contributed by atoms with van der Waals surface area (Å²) in [6, 6.07) is 11.9. The zero-order valence-corrected chi connectivity index (χ0v) is 15.9. The van der Waals surface area contributed by atoms with Crippen LogP contribution in [-0.2, 0) is 21.4 Å². The lowest BCUT2D eigenvalue weighted by Crippen LogP contribution is -2.49.